The lowest BCUT2D eigenvalue weighted by molar-refractivity contribution is -0.130. The van der Waals surface area contributed by atoms with Gasteiger partial charge in [-0.05, 0) is 46.2 Å². The van der Waals surface area contributed by atoms with E-state index in [0.29, 0.717) is 12.2 Å². The molecule has 1 aromatic carbocycles. The maximum atomic E-state index is 13.1. The van der Waals surface area contributed by atoms with Crippen molar-refractivity contribution in [3.63, 3.8) is 0 Å². The quantitative estimate of drug-likeness (QED) is 0.691. The van der Waals surface area contributed by atoms with Crippen molar-refractivity contribution in [2.45, 2.75) is 46.6 Å². The van der Waals surface area contributed by atoms with Gasteiger partial charge in [0.15, 0.2) is 0 Å². The first-order chi connectivity index (χ1) is 12.1. The highest BCUT2D eigenvalue weighted by atomic mass is 19.1. The molecule has 2 N–H and O–H groups in total. The summed E-state index contributed by atoms with van der Waals surface area (Å²) in [7, 11) is 0. The summed E-state index contributed by atoms with van der Waals surface area (Å²) in [6.07, 6.45) is -0.0150. The molecule has 1 unspecified atom stereocenters. The molecule has 0 fully saturated rings. The van der Waals surface area contributed by atoms with Crippen LogP contribution in [0.3, 0.4) is 0 Å². The monoisotopic (exact) mass is 368 g/mol. The molecular formula is C19H29FN2O4. The Morgan fingerprint density at radius 1 is 1.15 bits per heavy atom. The zero-order chi connectivity index (χ0) is 19.8. The van der Waals surface area contributed by atoms with Crippen LogP contribution in [-0.2, 0) is 9.53 Å². The van der Waals surface area contributed by atoms with Gasteiger partial charge in [0.1, 0.15) is 23.8 Å². The number of ether oxygens (including phenoxy) is 2. The molecule has 0 heterocycles. The van der Waals surface area contributed by atoms with Gasteiger partial charge in [0, 0.05) is 12.6 Å². The third kappa shape index (κ3) is 7.72. The van der Waals surface area contributed by atoms with E-state index in [9.17, 15) is 14.0 Å². The molecular weight excluding hydrogens is 339 g/mol. The van der Waals surface area contributed by atoms with Gasteiger partial charge in [-0.15, -0.1) is 0 Å². The average Bonchev–Trinajstić information content (AvgIpc) is 2.55. The minimum absolute atomic E-state index is 0.162. The van der Waals surface area contributed by atoms with Gasteiger partial charge in [-0.2, -0.15) is 0 Å². The maximum absolute atomic E-state index is 13.1. The number of halogens is 1. The van der Waals surface area contributed by atoms with Crippen molar-refractivity contribution >= 4 is 12.0 Å². The van der Waals surface area contributed by atoms with Gasteiger partial charge in [-0.1, -0.05) is 13.0 Å². The van der Waals surface area contributed by atoms with Crippen LogP contribution in [0.2, 0.25) is 0 Å². The topological polar surface area (TPSA) is 76.7 Å². The Bertz CT molecular complexity index is 616. The molecule has 1 aromatic rings. The van der Waals surface area contributed by atoms with Crippen molar-refractivity contribution in [3.05, 3.63) is 30.1 Å². The minimum atomic E-state index is -0.768. The first kappa shape index (κ1) is 21.7. The van der Waals surface area contributed by atoms with E-state index in [1.54, 1.807) is 39.8 Å². The summed E-state index contributed by atoms with van der Waals surface area (Å²) >= 11 is 0. The van der Waals surface area contributed by atoms with Gasteiger partial charge in [-0.3, -0.25) is 4.79 Å². The van der Waals surface area contributed by atoms with Gasteiger partial charge in [0.05, 0.1) is 12.0 Å². The van der Waals surface area contributed by atoms with Crippen molar-refractivity contribution in [1.29, 1.82) is 0 Å². The summed E-state index contributed by atoms with van der Waals surface area (Å²) in [5, 5.41) is 5.42. The minimum Gasteiger partial charge on any atom is -0.492 e. The van der Waals surface area contributed by atoms with Crippen LogP contribution in [-0.4, -0.2) is 37.3 Å². The predicted octanol–water partition coefficient (Wildman–Crippen LogP) is 3.26. The van der Waals surface area contributed by atoms with E-state index >= 15 is 0 Å². The van der Waals surface area contributed by atoms with E-state index in [-0.39, 0.29) is 31.4 Å². The molecule has 0 aliphatic carbocycles. The lowest BCUT2D eigenvalue weighted by Gasteiger charge is -2.28. The molecule has 0 aliphatic rings. The molecule has 1 atom stereocenters. The summed E-state index contributed by atoms with van der Waals surface area (Å²) in [6, 6.07) is 5.81. The average molecular weight is 368 g/mol. The molecule has 0 spiro atoms. The Labute approximate surface area is 154 Å². The van der Waals surface area contributed by atoms with E-state index in [4.69, 9.17) is 9.47 Å². The zero-order valence-corrected chi connectivity index (χ0v) is 16.1. The van der Waals surface area contributed by atoms with Gasteiger partial charge in [-0.25, -0.2) is 9.18 Å². The first-order valence-corrected chi connectivity index (χ1v) is 8.69. The van der Waals surface area contributed by atoms with Crippen LogP contribution in [0.4, 0.5) is 9.18 Å². The Balaban J connectivity index is 2.42. The lowest BCUT2D eigenvalue weighted by Crippen LogP contribution is -2.48. The number of hydrogen-bond donors (Lipinski definition) is 2. The van der Waals surface area contributed by atoms with Crippen LogP contribution >= 0.6 is 0 Å². The summed E-state index contributed by atoms with van der Waals surface area (Å²) in [4.78, 5) is 24.2. The van der Waals surface area contributed by atoms with Crippen LogP contribution in [0.5, 0.6) is 5.75 Å². The first-order valence-electron chi connectivity index (χ1n) is 8.69. The van der Waals surface area contributed by atoms with E-state index < -0.39 is 17.1 Å². The highest BCUT2D eigenvalue weighted by Gasteiger charge is 2.32. The molecule has 146 valence electrons. The van der Waals surface area contributed by atoms with Crippen LogP contribution < -0.4 is 15.4 Å². The maximum Gasteiger partial charge on any atom is 0.407 e. The molecule has 2 amide bonds. The highest BCUT2D eigenvalue weighted by Crippen LogP contribution is 2.20. The molecule has 26 heavy (non-hydrogen) atoms. The summed E-state index contributed by atoms with van der Waals surface area (Å²) in [6.45, 7) is 9.62. The zero-order valence-electron chi connectivity index (χ0n) is 16.1. The number of carbonyl (C=O) groups is 2. The molecule has 0 saturated carbocycles. The number of rotatable bonds is 8. The second kappa shape index (κ2) is 9.40. The van der Waals surface area contributed by atoms with Gasteiger partial charge in [0.25, 0.3) is 0 Å². The van der Waals surface area contributed by atoms with E-state index in [2.05, 4.69) is 10.6 Å². The fourth-order valence-electron chi connectivity index (χ4n) is 2.05. The number of hydrogen-bond acceptors (Lipinski definition) is 4. The molecule has 0 radical (unpaired) electrons. The van der Waals surface area contributed by atoms with Crippen molar-refractivity contribution in [3.8, 4) is 5.75 Å². The Morgan fingerprint density at radius 3 is 2.42 bits per heavy atom. The molecule has 0 bridgehead atoms. The van der Waals surface area contributed by atoms with E-state index in [1.165, 1.54) is 12.1 Å². The van der Waals surface area contributed by atoms with Crippen molar-refractivity contribution in [2.75, 3.05) is 19.7 Å². The third-order valence-corrected chi connectivity index (χ3v) is 3.80. The third-order valence-electron chi connectivity index (χ3n) is 3.80. The SMILES string of the molecule is CCC(C)(CNC(=O)OC(C)(C)C)C(=O)NCCOc1cccc(F)c1. The molecule has 7 heteroatoms. The Kier molecular flexibility index (Phi) is 7.86. The van der Waals surface area contributed by atoms with Gasteiger partial charge < -0.3 is 20.1 Å². The highest BCUT2D eigenvalue weighted by molar-refractivity contribution is 5.83. The van der Waals surface area contributed by atoms with Crippen molar-refractivity contribution < 1.29 is 23.5 Å². The smallest absolute Gasteiger partial charge is 0.407 e. The van der Waals surface area contributed by atoms with Crippen LogP contribution in [0.1, 0.15) is 41.0 Å². The standard InChI is InChI=1S/C19H29FN2O4/c1-6-19(5,13-22-17(24)26-18(2,3)4)16(23)21-10-11-25-15-9-7-8-14(20)12-15/h7-9,12H,6,10-11,13H2,1-5H3,(H,21,23)(H,22,24). The van der Waals surface area contributed by atoms with E-state index in [0.717, 1.165) is 0 Å². The largest absolute Gasteiger partial charge is 0.492 e. The van der Waals surface area contributed by atoms with Gasteiger partial charge >= 0.3 is 6.09 Å². The molecule has 0 aromatic heterocycles. The second-order valence-electron chi connectivity index (χ2n) is 7.33. The summed E-state index contributed by atoms with van der Waals surface area (Å²) < 4.78 is 23.6. The normalized spacial score (nSPS) is 13.5. The van der Waals surface area contributed by atoms with Crippen LogP contribution in [0.25, 0.3) is 0 Å². The van der Waals surface area contributed by atoms with Crippen LogP contribution in [0.15, 0.2) is 24.3 Å². The molecule has 6 nitrogen and oxygen atoms in total. The number of nitrogens with one attached hydrogen (secondary N) is 2. The number of carbonyl (C=O) groups excluding carboxylic acids is 2. The lowest BCUT2D eigenvalue weighted by atomic mass is 9.86. The molecule has 0 saturated heterocycles. The Morgan fingerprint density at radius 2 is 1.85 bits per heavy atom. The van der Waals surface area contributed by atoms with Crippen molar-refractivity contribution in [2.24, 2.45) is 5.41 Å². The van der Waals surface area contributed by atoms with Crippen LogP contribution in [0, 0.1) is 11.2 Å². The number of alkyl carbamates (subject to hydrolysis) is 1. The van der Waals surface area contributed by atoms with Gasteiger partial charge in [0.2, 0.25) is 5.91 Å². The second-order valence-corrected chi connectivity index (χ2v) is 7.33. The fraction of sp³-hybridized carbons (Fsp3) is 0.579. The predicted molar refractivity (Wildman–Crippen MR) is 97.5 cm³/mol. The molecule has 0 aliphatic heterocycles. The Hall–Kier alpha value is -2.31. The van der Waals surface area contributed by atoms with Crippen molar-refractivity contribution in [1.82, 2.24) is 10.6 Å². The fourth-order valence-corrected chi connectivity index (χ4v) is 2.05. The summed E-state index contributed by atoms with van der Waals surface area (Å²) in [5.74, 6) is -0.165. The molecule has 1 rings (SSSR count). The number of benzene rings is 1. The number of amides is 2. The summed E-state index contributed by atoms with van der Waals surface area (Å²) in [5.41, 5.74) is -1.36. The van der Waals surface area contributed by atoms with E-state index in [1.807, 2.05) is 6.92 Å².